The van der Waals surface area contributed by atoms with Crippen LogP contribution in [0.15, 0.2) is 24.3 Å². The molecule has 0 bridgehead atoms. The Hall–Kier alpha value is -1.35. The van der Waals surface area contributed by atoms with Gasteiger partial charge in [-0.25, -0.2) is 0 Å². The maximum Gasteiger partial charge on any atom is 0.313 e. The molecule has 1 unspecified atom stereocenters. The summed E-state index contributed by atoms with van der Waals surface area (Å²) in [7, 11) is 0. The molecule has 1 N–H and O–H groups in total. The number of carbonyl (C=O) groups is 1. The Kier molecular flexibility index (Phi) is 5.86. The van der Waals surface area contributed by atoms with E-state index < -0.39 is 0 Å². The van der Waals surface area contributed by atoms with Crippen LogP contribution in [0.1, 0.15) is 37.8 Å². The predicted molar refractivity (Wildman–Crippen MR) is 71.4 cm³/mol. The summed E-state index contributed by atoms with van der Waals surface area (Å²) in [5.74, 6) is 0.0492. The van der Waals surface area contributed by atoms with E-state index in [9.17, 15) is 4.79 Å². The molecule has 1 atom stereocenters. The quantitative estimate of drug-likeness (QED) is 0.789. The molecule has 1 aromatic carbocycles. The van der Waals surface area contributed by atoms with E-state index in [4.69, 9.17) is 9.84 Å². The third kappa shape index (κ3) is 4.49. The van der Waals surface area contributed by atoms with Crippen molar-refractivity contribution in [2.45, 2.75) is 33.1 Å². The topological polar surface area (TPSA) is 46.5 Å². The molecule has 0 aliphatic carbocycles. The first-order valence-electron chi connectivity index (χ1n) is 6.41. The number of benzene rings is 1. The van der Waals surface area contributed by atoms with Gasteiger partial charge >= 0.3 is 5.97 Å². The fourth-order valence-corrected chi connectivity index (χ4v) is 1.82. The minimum Gasteiger partial charge on any atom is -0.463 e. The Bertz CT molecular complexity index is 368. The van der Waals surface area contributed by atoms with Crippen molar-refractivity contribution in [1.82, 2.24) is 0 Å². The number of ether oxygens (including phenoxy) is 1. The average Bonchev–Trinajstić information content (AvgIpc) is 2.35. The summed E-state index contributed by atoms with van der Waals surface area (Å²) in [4.78, 5) is 11.6. The summed E-state index contributed by atoms with van der Waals surface area (Å²) >= 11 is 0. The van der Waals surface area contributed by atoms with Gasteiger partial charge in [0.25, 0.3) is 0 Å². The van der Waals surface area contributed by atoms with Gasteiger partial charge in [0, 0.05) is 0 Å². The summed E-state index contributed by atoms with van der Waals surface area (Å²) in [5.41, 5.74) is 2.23. The second kappa shape index (κ2) is 7.17. The standard InChI is InChI=1S/C15H22O3/c1-11(2)10-13-4-6-14(7-5-13)12(3)15(17)18-9-8-16/h4-7,11-12,16H,8-10H2,1-3H3. The lowest BCUT2D eigenvalue weighted by Crippen LogP contribution is -2.15. The van der Waals surface area contributed by atoms with Crippen molar-refractivity contribution in [1.29, 1.82) is 0 Å². The van der Waals surface area contributed by atoms with Crippen LogP contribution in [0.5, 0.6) is 0 Å². The van der Waals surface area contributed by atoms with Crippen molar-refractivity contribution in [3.63, 3.8) is 0 Å². The summed E-state index contributed by atoms with van der Waals surface area (Å²) in [6.45, 7) is 6.11. The van der Waals surface area contributed by atoms with Crippen LogP contribution in [0.2, 0.25) is 0 Å². The Morgan fingerprint density at radius 2 is 1.83 bits per heavy atom. The van der Waals surface area contributed by atoms with Gasteiger partial charge in [0.05, 0.1) is 12.5 Å². The highest BCUT2D eigenvalue weighted by molar-refractivity contribution is 5.77. The Labute approximate surface area is 109 Å². The summed E-state index contributed by atoms with van der Waals surface area (Å²) in [5, 5.41) is 8.61. The van der Waals surface area contributed by atoms with Crippen LogP contribution < -0.4 is 0 Å². The van der Waals surface area contributed by atoms with Crippen LogP contribution in [0.3, 0.4) is 0 Å². The van der Waals surface area contributed by atoms with Crippen LogP contribution in [-0.2, 0) is 16.0 Å². The molecule has 1 rings (SSSR count). The first kappa shape index (κ1) is 14.7. The lowest BCUT2D eigenvalue weighted by molar-refractivity contribution is -0.146. The van der Waals surface area contributed by atoms with E-state index in [-0.39, 0.29) is 25.1 Å². The van der Waals surface area contributed by atoms with E-state index >= 15 is 0 Å². The number of aliphatic hydroxyl groups is 1. The summed E-state index contributed by atoms with van der Waals surface area (Å²) < 4.78 is 4.91. The zero-order valence-corrected chi connectivity index (χ0v) is 11.3. The van der Waals surface area contributed by atoms with Gasteiger partial charge in [-0.05, 0) is 30.4 Å². The van der Waals surface area contributed by atoms with E-state index in [1.165, 1.54) is 5.56 Å². The van der Waals surface area contributed by atoms with Gasteiger partial charge in [0.1, 0.15) is 6.61 Å². The van der Waals surface area contributed by atoms with E-state index in [2.05, 4.69) is 26.0 Å². The molecule has 0 fully saturated rings. The van der Waals surface area contributed by atoms with E-state index in [1.807, 2.05) is 19.1 Å². The maximum absolute atomic E-state index is 11.6. The third-order valence-corrected chi connectivity index (χ3v) is 2.81. The lowest BCUT2D eigenvalue weighted by atomic mass is 9.97. The third-order valence-electron chi connectivity index (χ3n) is 2.81. The predicted octanol–water partition coefficient (Wildman–Crippen LogP) is 2.52. The van der Waals surface area contributed by atoms with Crippen LogP contribution >= 0.6 is 0 Å². The Morgan fingerprint density at radius 3 is 2.33 bits per heavy atom. The number of hydrogen-bond donors (Lipinski definition) is 1. The molecule has 0 heterocycles. The highest BCUT2D eigenvalue weighted by Crippen LogP contribution is 2.18. The molecule has 0 amide bonds. The Balaban J connectivity index is 2.63. The molecule has 3 nitrogen and oxygen atoms in total. The molecule has 0 aliphatic rings. The first-order chi connectivity index (χ1) is 8.54. The fourth-order valence-electron chi connectivity index (χ4n) is 1.82. The molecule has 0 aliphatic heterocycles. The minimum atomic E-state index is -0.291. The maximum atomic E-state index is 11.6. The number of rotatable bonds is 6. The van der Waals surface area contributed by atoms with Crippen LogP contribution in [0.25, 0.3) is 0 Å². The second-order valence-electron chi connectivity index (χ2n) is 4.95. The van der Waals surface area contributed by atoms with Crippen molar-refractivity contribution < 1.29 is 14.6 Å². The van der Waals surface area contributed by atoms with E-state index in [1.54, 1.807) is 0 Å². The first-order valence-corrected chi connectivity index (χ1v) is 6.41. The van der Waals surface area contributed by atoms with Gasteiger partial charge < -0.3 is 9.84 Å². The molecule has 0 saturated carbocycles. The molecule has 0 aromatic heterocycles. The molecule has 0 spiro atoms. The van der Waals surface area contributed by atoms with Gasteiger partial charge in [-0.1, -0.05) is 38.1 Å². The summed E-state index contributed by atoms with van der Waals surface area (Å²) in [6.07, 6.45) is 1.05. The minimum absolute atomic E-state index is 0.0641. The average molecular weight is 250 g/mol. The number of hydrogen-bond acceptors (Lipinski definition) is 3. The highest BCUT2D eigenvalue weighted by Gasteiger charge is 2.16. The number of carbonyl (C=O) groups excluding carboxylic acids is 1. The smallest absolute Gasteiger partial charge is 0.313 e. The highest BCUT2D eigenvalue weighted by atomic mass is 16.5. The van der Waals surface area contributed by atoms with Crippen molar-refractivity contribution in [3.05, 3.63) is 35.4 Å². The van der Waals surface area contributed by atoms with Crippen LogP contribution in [0, 0.1) is 5.92 Å². The molecule has 18 heavy (non-hydrogen) atoms. The van der Waals surface area contributed by atoms with Gasteiger partial charge in [0.2, 0.25) is 0 Å². The molecule has 1 aromatic rings. The summed E-state index contributed by atoms with van der Waals surface area (Å²) in [6, 6.07) is 8.07. The van der Waals surface area contributed by atoms with Crippen molar-refractivity contribution >= 4 is 5.97 Å². The largest absolute Gasteiger partial charge is 0.463 e. The Morgan fingerprint density at radius 1 is 1.22 bits per heavy atom. The SMILES string of the molecule is CC(C)Cc1ccc(C(C)C(=O)OCCO)cc1. The fraction of sp³-hybridized carbons (Fsp3) is 0.533. The van der Waals surface area contributed by atoms with Gasteiger partial charge in [0.15, 0.2) is 0 Å². The molecule has 0 saturated heterocycles. The van der Waals surface area contributed by atoms with Gasteiger partial charge in [-0.2, -0.15) is 0 Å². The number of aliphatic hydroxyl groups excluding tert-OH is 1. The zero-order chi connectivity index (χ0) is 13.5. The second-order valence-corrected chi connectivity index (χ2v) is 4.95. The molecule has 0 radical (unpaired) electrons. The normalized spacial score (nSPS) is 12.5. The van der Waals surface area contributed by atoms with E-state index in [0.717, 1.165) is 12.0 Å². The van der Waals surface area contributed by atoms with Crippen molar-refractivity contribution in [2.75, 3.05) is 13.2 Å². The number of esters is 1. The van der Waals surface area contributed by atoms with Gasteiger partial charge in [-0.15, -0.1) is 0 Å². The van der Waals surface area contributed by atoms with Crippen LogP contribution in [0.4, 0.5) is 0 Å². The monoisotopic (exact) mass is 250 g/mol. The molecule has 100 valence electrons. The van der Waals surface area contributed by atoms with Crippen molar-refractivity contribution in [3.8, 4) is 0 Å². The molecular weight excluding hydrogens is 228 g/mol. The zero-order valence-electron chi connectivity index (χ0n) is 11.3. The molecular formula is C15H22O3. The van der Waals surface area contributed by atoms with Crippen LogP contribution in [-0.4, -0.2) is 24.3 Å². The van der Waals surface area contributed by atoms with Crippen molar-refractivity contribution in [2.24, 2.45) is 5.92 Å². The lowest BCUT2D eigenvalue weighted by Gasteiger charge is -2.12. The van der Waals surface area contributed by atoms with Gasteiger partial charge in [-0.3, -0.25) is 4.79 Å². The van der Waals surface area contributed by atoms with E-state index in [0.29, 0.717) is 5.92 Å². The molecule has 3 heteroatoms.